The van der Waals surface area contributed by atoms with Crippen LogP contribution in [0.25, 0.3) is 0 Å². The second-order valence-corrected chi connectivity index (χ2v) is 5.40. The molecule has 1 N–H and O–H groups in total. The van der Waals surface area contributed by atoms with Crippen LogP contribution in [0.15, 0.2) is 0 Å². The molecule has 2 unspecified atom stereocenters. The molecule has 2 atom stereocenters. The zero-order chi connectivity index (χ0) is 9.97. The lowest BCUT2D eigenvalue weighted by Gasteiger charge is -2.29. The van der Waals surface area contributed by atoms with Gasteiger partial charge in [-0.15, -0.1) is 0 Å². The Hall–Kier alpha value is -0.220. The van der Waals surface area contributed by atoms with E-state index in [1.807, 2.05) is 16.7 Å². The Morgan fingerprint density at radius 3 is 2.64 bits per heavy atom. The van der Waals surface area contributed by atoms with Gasteiger partial charge in [0.2, 0.25) is 5.91 Å². The van der Waals surface area contributed by atoms with Crippen LogP contribution in [0.4, 0.5) is 0 Å². The molecule has 0 aromatic rings. The van der Waals surface area contributed by atoms with Crippen LogP contribution < -0.4 is 5.32 Å². The summed E-state index contributed by atoms with van der Waals surface area (Å²) < 4.78 is 0. The summed E-state index contributed by atoms with van der Waals surface area (Å²) in [4.78, 5) is 14.1. The Morgan fingerprint density at radius 1 is 1.36 bits per heavy atom. The third kappa shape index (κ3) is 2.06. The summed E-state index contributed by atoms with van der Waals surface area (Å²) in [6, 6.07) is 0. The van der Waals surface area contributed by atoms with Crippen LogP contribution in [-0.4, -0.2) is 48.5 Å². The van der Waals surface area contributed by atoms with Gasteiger partial charge in [0.05, 0.1) is 5.92 Å². The molecule has 14 heavy (non-hydrogen) atoms. The van der Waals surface area contributed by atoms with Crippen molar-refractivity contribution in [1.29, 1.82) is 0 Å². The zero-order valence-corrected chi connectivity index (χ0v) is 9.48. The van der Waals surface area contributed by atoms with Crippen LogP contribution >= 0.6 is 11.8 Å². The number of rotatable bonds is 1. The largest absolute Gasteiger partial charge is 0.341 e. The number of thioether (sulfide) groups is 1. The molecular formula is C10H18N2OS. The number of carbonyl (C=O) groups is 1. The van der Waals surface area contributed by atoms with Crippen LogP contribution in [0.3, 0.4) is 0 Å². The maximum atomic E-state index is 12.1. The average molecular weight is 214 g/mol. The lowest BCUT2D eigenvalue weighted by Crippen LogP contribution is -2.43. The highest BCUT2D eigenvalue weighted by Crippen LogP contribution is 2.20. The zero-order valence-electron chi connectivity index (χ0n) is 8.66. The molecule has 2 aliphatic heterocycles. The van der Waals surface area contributed by atoms with Crippen LogP contribution in [0, 0.1) is 11.8 Å². The summed E-state index contributed by atoms with van der Waals surface area (Å²) in [5.41, 5.74) is 0. The van der Waals surface area contributed by atoms with Gasteiger partial charge in [0.15, 0.2) is 0 Å². The summed E-state index contributed by atoms with van der Waals surface area (Å²) in [6.45, 7) is 5.95. The van der Waals surface area contributed by atoms with Gasteiger partial charge in [-0.1, -0.05) is 6.92 Å². The molecule has 2 aliphatic rings. The van der Waals surface area contributed by atoms with Crippen molar-refractivity contribution in [3.8, 4) is 0 Å². The minimum absolute atomic E-state index is 0.234. The SMILES string of the molecule is CC1CNCC1C(=O)N1CCSCC1. The van der Waals surface area contributed by atoms with E-state index in [1.165, 1.54) is 0 Å². The Morgan fingerprint density at radius 2 is 2.07 bits per heavy atom. The highest BCUT2D eigenvalue weighted by atomic mass is 32.2. The monoisotopic (exact) mass is 214 g/mol. The van der Waals surface area contributed by atoms with Gasteiger partial charge < -0.3 is 10.2 Å². The summed E-state index contributed by atoms with van der Waals surface area (Å²) in [5, 5.41) is 3.29. The molecule has 0 spiro atoms. The van der Waals surface area contributed by atoms with Crippen molar-refractivity contribution in [2.45, 2.75) is 6.92 Å². The van der Waals surface area contributed by atoms with E-state index in [1.54, 1.807) is 0 Å². The van der Waals surface area contributed by atoms with Gasteiger partial charge in [-0.3, -0.25) is 4.79 Å². The number of amides is 1. The molecule has 2 rings (SSSR count). The van der Waals surface area contributed by atoms with E-state index in [4.69, 9.17) is 0 Å². The predicted molar refractivity (Wildman–Crippen MR) is 59.4 cm³/mol. The third-order valence-electron chi connectivity index (χ3n) is 3.16. The normalized spacial score (nSPS) is 33.4. The average Bonchev–Trinajstić information content (AvgIpc) is 2.65. The lowest BCUT2D eigenvalue weighted by molar-refractivity contribution is -0.135. The van der Waals surface area contributed by atoms with Gasteiger partial charge in [0.25, 0.3) is 0 Å². The van der Waals surface area contributed by atoms with Crippen molar-refractivity contribution in [2.75, 3.05) is 37.7 Å². The minimum atomic E-state index is 0.234. The number of nitrogens with zero attached hydrogens (tertiary/aromatic N) is 1. The van der Waals surface area contributed by atoms with E-state index in [9.17, 15) is 4.79 Å². The van der Waals surface area contributed by atoms with Crippen LogP contribution in [0.2, 0.25) is 0 Å². The number of hydrogen-bond donors (Lipinski definition) is 1. The van der Waals surface area contributed by atoms with E-state index >= 15 is 0 Å². The summed E-state index contributed by atoms with van der Waals surface area (Å²) in [7, 11) is 0. The van der Waals surface area contributed by atoms with E-state index < -0.39 is 0 Å². The Kier molecular flexibility index (Phi) is 3.34. The molecule has 0 aliphatic carbocycles. The molecule has 0 aromatic heterocycles. The molecule has 0 aromatic carbocycles. The number of hydrogen-bond acceptors (Lipinski definition) is 3. The van der Waals surface area contributed by atoms with Crippen LogP contribution in [0.5, 0.6) is 0 Å². The van der Waals surface area contributed by atoms with Gasteiger partial charge >= 0.3 is 0 Å². The first-order valence-electron chi connectivity index (χ1n) is 5.36. The molecule has 0 radical (unpaired) electrons. The van der Waals surface area contributed by atoms with Crippen LogP contribution in [-0.2, 0) is 4.79 Å². The summed E-state index contributed by atoms with van der Waals surface area (Å²) in [5.74, 6) is 3.35. The van der Waals surface area contributed by atoms with E-state index in [0.29, 0.717) is 11.8 Å². The maximum absolute atomic E-state index is 12.1. The summed E-state index contributed by atoms with van der Waals surface area (Å²) in [6.07, 6.45) is 0. The van der Waals surface area contributed by atoms with Crippen molar-refractivity contribution < 1.29 is 4.79 Å². The van der Waals surface area contributed by atoms with Gasteiger partial charge in [-0.2, -0.15) is 11.8 Å². The topological polar surface area (TPSA) is 32.3 Å². The first-order valence-corrected chi connectivity index (χ1v) is 6.52. The maximum Gasteiger partial charge on any atom is 0.227 e. The van der Waals surface area contributed by atoms with Crippen molar-refractivity contribution in [3.63, 3.8) is 0 Å². The standard InChI is InChI=1S/C10H18N2OS/c1-8-6-11-7-9(8)10(13)12-2-4-14-5-3-12/h8-9,11H,2-7H2,1H3. The lowest BCUT2D eigenvalue weighted by atomic mass is 9.96. The minimum Gasteiger partial charge on any atom is -0.341 e. The van der Waals surface area contributed by atoms with E-state index in [2.05, 4.69) is 12.2 Å². The fraction of sp³-hybridized carbons (Fsp3) is 0.900. The smallest absolute Gasteiger partial charge is 0.227 e. The molecule has 2 heterocycles. The van der Waals surface area contributed by atoms with E-state index in [0.717, 1.165) is 37.7 Å². The van der Waals surface area contributed by atoms with Gasteiger partial charge in [-0.05, 0) is 12.5 Å². The molecule has 2 fully saturated rings. The number of carbonyl (C=O) groups excluding carboxylic acids is 1. The second kappa shape index (κ2) is 4.53. The summed E-state index contributed by atoms with van der Waals surface area (Å²) >= 11 is 1.95. The molecule has 3 nitrogen and oxygen atoms in total. The second-order valence-electron chi connectivity index (χ2n) is 4.18. The first kappa shape index (κ1) is 10.3. The van der Waals surface area contributed by atoms with Gasteiger partial charge in [0.1, 0.15) is 0 Å². The van der Waals surface area contributed by atoms with Crippen LogP contribution in [0.1, 0.15) is 6.92 Å². The molecule has 0 bridgehead atoms. The van der Waals surface area contributed by atoms with Crippen molar-refractivity contribution in [1.82, 2.24) is 10.2 Å². The van der Waals surface area contributed by atoms with E-state index in [-0.39, 0.29) is 5.92 Å². The van der Waals surface area contributed by atoms with Gasteiger partial charge in [0, 0.05) is 31.1 Å². The van der Waals surface area contributed by atoms with Crippen molar-refractivity contribution in [3.05, 3.63) is 0 Å². The van der Waals surface area contributed by atoms with Gasteiger partial charge in [-0.25, -0.2) is 0 Å². The van der Waals surface area contributed by atoms with Crippen molar-refractivity contribution in [2.24, 2.45) is 11.8 Å². The fourth-order valence-electron chi connectivity index (χ4n) is 2.16. The van der Waals surface area contributed by atoms with Crippen molar-refractivity contribution >= 4 is 17.7 Å². The molecule has 1 amide bonds. The highest BCUT2D eigenvalue weighted by Gasteiger charge is 2.32. The Balaban J connectivity index is 1.92. The number of nitrogens with one attached hydrogen (secondary N) is 1. The third-order valence-corrected chi connectivity index (χ3v) is 4.10. The fourth-order valence-corrected chi connectivity index (χ4v) is 3.06. The molecule has 0 saturated carbocycles. The Labute approximate surface area is 89.6 Å². The molecular weight excluding hydrogens is 196 g/mol. The highest BCUT2D eigenvalue weighted by molar-refractivity contribution is 7.99. The quantitative estimate of drug-likeness (QED) is 0.686. The predicted octanol–water partition coefficient (Wildman–Crippen LogP) is 0.417. The Bertz CT molecular complexity index is 216. The molecule has 80 valence electrons. The molecule has 4 heteroatoms. The first-order chi connectivity index (χ1) is 6.79. The molecule has 2 saturated heterocycles.